The molecule has 1 fully saturated rings. The van der Waals surface area contributed by atoms with Crippen LogP contribution in [0.4, 0.5) is 4.79 Å². The summed E-state index contributed by atoms with van der Waals surface area (Å²) in [6.45, 7) is 4.94. The lowest BCUT2D eigenvalue weighted by atomic mass is 10.1. The Morgan fingerprint density at radius 3 is 2.86 bits per heavy atom. The normalized spacial score (nSPS) is 17.9. The number of nitrogens with one attached hydrogen (secondary N) is 1. The molecular weight excluding hydrogens is 268 g/mol. The monoisotopic (exact) mass is 288 g/mol. The molecule has 5 nitrogen and oxygen atoms in total. The van der Waals surface area contributed by atoms with Crippen molar-refractivity contribution in [3.63, 3.8) is 0 Å². The van der Waals surface area contributed by atoms with Gasteiger partial charge in [-0.05, 0) is 24.5 Å². The highest BCUT2D eigenvalue weighted by Gasteiger charge is 2.23. The number of likely N-dealkylation sites (tertiary alicyclic amines) is 1. The summed E-state index contributed by atoms with van der Waals surface area (Å²) in [7, 11) is 0. The molecule has 0 saturated carbocycles. The second-order valence-corrected chi connectivity index (χ2v) is 5.03. The lowest BCUT2D eigenvalue weighted by Crippen LogP contribution is -2.49. The Hall–Kier alpha value is -2.30. The van der Waals surface area contributed by atoms with Crippen LogP contribution in [0, 0.1) is 0 Å². The van der Waals surface area contributed by atoms with E-state index >= 15 is 0 Å². The van der Waals surface area contributed by atoms with Crippen LogP contribution in [-0.4, -0.2) is 36.0 Å². The number of amides is 2. The Morgan fingerprint density at radius 1 is 1.38 bits per heavy atom. The summed E-state index contributed by atoms with van der Waals surface area (Å²) in [4.78, 5) is 25.0. The summed E-state index contributed by atoms with van der Waals surface area (Å²) in [6, 6.07) is 9.45. The van der Waals surface area contributed by atoms with Crippen LogP contribution in [-0.2, 0) is 16.1 Å². The lowest BCUT2D eigenvalue weighted by Gasteiger charge is -2.32. The Balaban J connectivity index is 1.77. The molecule has 0 radical (unpaired) electrons. The van der Waals surface area contributed by atoms with Gasteiger partial charge in [-0.25, -0.2) is 4.79 Å². The highest BCUT2D eigenvalue weighted by atomic mass is 16.5. The van der Waals surface area contributed by atoms with Gasteiger partial charge >= 0.3 is 6.09 Å². The number of hydrogen-bond acceptors (Lipinski definition) is 3. The van der Waals surface area contributed by atoms with Gasteiger partial charge in [0.2, 0.25) is 5.91 Å². The van der Waals surface area contributed by atoms with Crippen molar-refractivity contribution >= 4 is 12.0 Å². The van der Waals surface area contributed by atoms with Gasteiger partial charge in [-0.2, -0.15) is 0 Å². The summed E-state index contributed by atoms with van der Waals surface area (Å²) >= 11 is 0. The van der Waals surface area contributed by atoms with Crippen molar-refractivity contribution in [3.8, 4) is 0 Å². The second kappa shape index (κ2) is 7.47. The number of piperidine rings is 1. The zero-order valence-corrected chi connectivity index (χ0v) is 12.0. The van der Waals surface area contributed by atoms with E-state index in [1.54, 1.807) is 4.90 Å². The van der Waals surface area contributed by atoms with E-state index in [9.17, 15) is 9.59 Å². The van der Waals surface area contributed by atoms with Crippen molar-refractivity contribution in [3.05, 3.63) is 48.6 Å². The third-order valence-electron chi connectivity index (χ3n) is 3.44. The van der Waals surface area contributed by atoms with Gasteiger partial charge in [-0.15, -0.1) is 0 Å². The van der Waals surface area contributed by atoms with Crippen molar-refractivity contribution in [2.45, 2.75) is 25.5 Å². The number of nitrogens with zero attached hydrogens (tertiary/aromatic N) is 1. The Labute approximate surface area is 124 Å². The molecule has 1 N–H and O–H groups in total. The van der Waals surface area contributed by atoms with Gasteiger partial charge < -0.3 is 15.0 Å². The minimum Gasteiger partial charge on any atom is -0.445 e. The SMILES string of the molecule is C=CC(=O)N1CCCC(NC(=O)OCc2ccccc2)C1. The first-order chi connectivity index (χ1) is 10.2. The molecule has 1 atom stereocenters. The van der Waals surface area contributed by atoms with E-state index in [1.165, 1.54) is 6.08 Å². The van der Waals surface area contributed by atoms with Gasteiger partial charge in [0.25, 0.3) is 0 Å². The number of alkyl carbamates (subject to hydrolysis) is 1. The maximum absolute atomic E-state index is 11.8. The quantitative estimate of drug-likeness (QED) is 0.863. The standard InChI is InChI=1S/C16H20N2O3/c1-2-15(19)18-10-6-9-14(11-18)17-16(20)21-12-13-7-4-3-5-8-13/h2-5,7-8,14H,1,6,9-12H2,(H,17,20). The summed E-state index contributed by atoms with van der Waals surface area (Å²) in [6.07, 6.45) is 2.57. The molecule has 0 bridgehead atoms. The number of carbonyl (C=O) groups excluding carboxylic acids is 2. The molecule has 1 aromatic rings. The minimum atomic E-state index is -0.447. The van der Waals surface area contributed by atoms with E-state index in [2.05, 4.69) is 11.9 Å². The van der Waals surface area contributed by atoms with Crippen LogP contribution in [0.3, 0.4) is 0 Å². The molecule has 21 heavy (non-hydrogen) atoms. The molecule has 0 aromatic heterocycles. The van der Waals surface area contributed by atoms with Gasteiger partial charge in [0.1, 0.15) is 6.61 Å². The van der Waals surface area contributed by atoms with E-state index in [4.69, 9.17) is 4.74 Å². The maximum Gasteiger partial charge on any atom is 0.407 e. The van der Waals surface area contributed by atoms with Gasteiger partial charge in [0.05, 0.1) is 0 Å². The first-order valence-corrected chi connectivity index (χ1v) is 7.07. The molecule has 0 aliphatic carbocycles. The largest absolute Gasteiger partial charge is 0.445 e. The van der Waals surface area contributed by atoms with Crippen LogP contribution in [0.25, 0.3) is 0 Å². The summed E-state index contributed by atoms with van der Waals surface area (Å²) in [5.74, 6) is -0.0980. The number of hydrogen-bond donors (Lipinski definition) is 1. The molecule has 1 saturated heterocycles. The second-order valence-electron chi connectivity index (χ2n) is 5.03. The number of carbonyl (C=O) groups is 2. The van der Waals surface area contributed by atoms with Crippen LogP contribution in [0.2, 0.25) is 0 Å². The first kappa shape index (κ1) is 15.1. The van der Waals surface area contributed by atoms with Crippen molar-refractivity contribution < 1.29 is 14.3 Å². The van der Waals surface area contributed by atoms with Crippen molar-refractivity contribution in [2.75, 3.05) is 13.1 Å². The van der Waals surface area contributed by atoms with Crippen LogP contribution < -0.4 is 5.32 Å². The van der Waals surface area contributed by atoms with Gasteiger partial charge in [0, 0.05) is 19.1 Å². The average molecular weight is 288 g/mol. The topological polar surface area (TPSA) is 58.6 Å². The zero-order valence-electron chi connectivity index (χ0n) is 12.0. The first-order valence-electron chi connectivity index (χ1n) is 7.07. The molecule has 1 aliphatic heterocycles. The van der Waals surface area contributed by atoms with Crippen molar-refractivity contribution in [1.29, 1.82) is 0 Å². The summed E-state index contributed by atoms with van der Waals surface area (Å²) < 4.78 is 5.18. The Kier molecular flexibility index (Phi) is 5.37. The maximum atomic E-state index is 11.8. The lowest BCUT2D eigenvalue weighted by molar-refractivity contribution is -0.127. The summed E-state index contributed by atoms with van der Waals surface area (Å²) in [5, 5.41) is 2.81. The van der Waals surface area contributed by atoms with E-state index in [0.717, 1.165) is 18.4 Å². The number of benzene rings is 1. The van der Waals surface area contributed by atoms with E-state index < -0.39 is 6.09 Å². The van der Waals surface area contributed by atoms with Gasteiger partial charge in [-0.3, -0.25) is 4.79 Å². The van der Waals surface area contributed by atoms with E-state index in [-0.39, 0.29) is 18.6 Å². The Morgan fingerprint density at radius 2 is 2.14 bits per heavy atom. The molecule has 1 heterocycles. The highest BCUT2D eigenvalue weighted by molar-refractivity contribution is 5.87. The molecule has 112 valence electrons. The fourth-order valence-corrected chi connectivity index (χ4v) is 2.36. The molecule has 5 heteroatoms. The minimum absolute atomic E-state index is 0.0640. The molecule has 1 unspecified atom stereocenters. The molecule has 0 spiro atoms. The van der Waals surface area contributed by atoms with Gasteiger partial charge in [0.15, 0.2) is 0 Å². The smallest absolute Gasteiger partial charge is 0.407 e. The molecule has 1 aromatic carbocycles. The molecule has 2 rings (SSSR count). The molecule has 2 amide bonds. The molecule has 1 aliphatic rings. The average Bonchev–Trinajstić information content (AvgIpc) is 2.53. The van der Waals surface area contributed by atoms with Crippen LogP contribution in [0.15, 0.2) is 43.0 Å². The van der Waals surface area contributed by atoms with Crippen LogP contribution >= 0.6 is 0 Å². The highest BCUT2D eigenvalue weighted by Crippen LogP contribution is 2.11. The zero-order chi connectivity index (χ0) is 15.1. The van der Waals surface area contributed by atoms with Crippen molar-refractivity contribution in [1.82, 2.24) is 10.2 Å². The van der Waals surface area contributed by atoms with E-state index in [1.807, 2.05) is 30.3 Å². The third kappa shape index (κ3) is 4.63. The fraction of sp³-hybridized carbons (Fsp3) is 0.375. The fourth-order valence-electron chi connectivity index (χ4n) is 2.36. The number of ether oxygens (including phenoxy) is 1. The molecular formula is C16H20N2O3. The van der Waals surface area contributed by atoms with Crippen LogP contribution in [0.5, 0.6) is 0 Å². The number of rotatable bonds is 4. The van der Waals surface area contributed by atoms with Crippen LogP contribution in [0.1, 0.15) is 18.4 Å². The Bertz CT molecular complexity index is 502. The third-order valence-corrected chi connectivity index (χ3v) is 3.44. The summed E-state index contributed by atoms with van der Waals surface area (Å²) in [5.41, 5.74) is 0.944. The predicted octanol–water partition coefficient (Wildman–Crippen LogP) is 2.09. The van der Waals surface area contributed by atoms with Gasteiger partial charge in [-0.1, -0.05) is 36.9 Å². The van der Waals surface area contributed by atoms with Crippen molar-refractivity contribution in [2.24, 2.45) is 0 Å². The van der Waals surface area contributed by atoms with E-state index in [0.29, 0.717) is 13.1 Å². The predicted molar refractivity (Wildman–Crippen MR) is 79.6 cm³/mol.